The van der Waals surface area contributed by atoms with Crippen LogP contribution in [-0.2, 0) is 4.79 Å². The standard InChI is InChI=1S/C12H17N3O/c1-3-8-14-12(16)10(2)15(9-4-7-13)11-5-6-11/h1,10-11H,4-6,8-9H2,2H3,(H,14,16). The average molecular weight is 219 g/mol. The van der Waals surface area contributed by atoms with Crippen LogP contribution in [0.4, 0.5) is 0 Å². The van der Waals surface area contributed by atoms with Gasteiger partial charge in [-0.25, -0.2) is 0 Å². The minimum Gasteiger partial charge on any atom is -0.344 e. The van der Waals surface area contributed by atoms with Crippen molar-refractivity contribution in [2.45, 2.75) is 38.3 Å². The zero-order valence-corrected chi connectivity index (χ0v) is 9.57. The molecule has 0 bridgehead atoms. The van der Waals surface area contributed by atoms with Gasteiger partial charge in [0.15, 0.2) is 0 Å². The zero-order valence-electron chi connectivity index (χ0n) is 9.57. The average Bonchev–Trinajstić information content (AvgIpc) is 3.10. The molecule has 0 aromatic heterocycles. The number of terminal acetylenes is 1. The molecule has 0 heterocycles. The summed E-state index contributed by atoms with van der Waals surface area (Å²) in [6.45, 7) is 2.79. The van der Waals surface area contributed by atoms with Gasteiger partial charge in [0.25, 0.3) is 0 Å². The highest BCUT2D eigenvalue weighted by Crippen LogP contribution is 2.28. The first-order chi connectivity index (χ1) is 7.70. The van der Waals surface area contributed by atoms with Crippen LogP contribution in [-0.4, -0.2) is 36.0 Å². The Labute approximate surface area is 96.6 Å². The second kappa shape index (κ2) is 6.15. The summed E-state index contributed by atoms with van der Waals surface area (Å²) in [6, 6.07) is 2.38. The zero-order chi connectivity index (χ0) is 12.0. The molecule has 1 N–H and O–H groups in total. The Bertz CT molecular complexity index is 322. The molecule has 4 nitrogen and oxygen atoms in total. The molecule has 1 aliphatic carbocycles. The molecule has 1 rings (SSSR count). The molecule has 1 saturated carbocycles. The molecule has 1 atom stereocenters. The quantitative estimate of drug-likeness (QED) is 0.662. The Balaban J connectivity index is 2.46. The maximum atomic E-state index is 11.7. The molecule has 0 aliphatic heterocycles. The highest BCUT2D eigenvalue weighted by molar-refractivity contribution is 5.81. The molecule has 0 aromatic rings. The first kappa shape index (κ1) is 12.5. The number of carbonyl (C=O) groups is 1. The lowest BCUT2D eigenvalue weighted by atomic mass is 10.2. The van der Waals surface area contributed by atoms with Crippen LogP contribution < -0.4 is 5.32 Å². The van der Waals surface area contributed by atoms with E-state index in [9.17, 15) is 4.79 Å². The van der Waals surface area contributed by atoms with Crippen LogP contribution in [0.3, 0.4) is 0 Å². The number of nitriles is 1. The van der Waals surface area contributed by atoms with Crippen LogP contribution in [0.15, 0.2) is 0 Å². The van der Waals surface area contributed by atoms with Gasteiger partial charge in [0.1, 0.15) is 0 Å². The van der Waals surface area contributed by atoms with E-state index in [0.29, 0.717) is 19.0 Å². The summed E-state index contributed by atoms with van der Waals surface area (Å²) in [5.74, 6) is 2.32. The van der Waals surface area contributed by atoms with Crippen molar-refractivity contribution in [2.24, 2.45) is 0 Å². The molecule has 4 heteroatoms. The fourth-order valence-electron chi connectivity index (χ4n) is 1.71. The van der Waals surface area contributed by atoms with Crippen LogP contribution in [0.25, 0.3) is 0 Å². The third-order valence-corrected chi connectivity index (χ3v) is 2.74. The van der Waals surface area contributed by atoms with Crippen LogP contribution in [0, 0.1) is 23.7 Å². The smallest absolute Gasteiger partial charge is 0.237 e. The van der Waals surface area contributed by atoms with Crippen molar-refractivity contribution < 1.29 is 4.79 Å². The normalized spacial score (nSPS) is 16.2. The Hall–Kier alpha value is -1.52. The molecule has 0 spiro atoms. The van der Waals surface area contributed by atoms with Gasteiger partial charge < -0.3 is 5.32 Å². The van der Waals surface area contributed by atoms with Crippen molar-refractivity contribution in [3.63, 3.8) is 0 Å². The second-order valence-electron chi connectivity index (χ2n) is 3.98. The summed E-state index contributed by atoms with van der Waals surface area (Å²) in [5.41, 5.74) is 0. The number of amides is 1. The van der Waals surface area contributed by atoms with Crippen molar-refractivity contribution in [3.05, 3.63) is 0 Å². The molecular weight excluding hydrogens is 202 g/mol. The molecule has 1 aliphatic rings. The van der Waals surface area contributed by atoms with Gasteiger partial charge in [0.05, 0.1) is 18.7 Å². The van der Waals surface area contributed by atoms with Gasteiger partial charge in [-0.2, -0.15) is 5.26 Å². The second-order valence-corrected chi connectivity index (χ2v) is 3.98. The van der Waals surface area contributed by atoms with Crippen molar-refractivity contribution in [1.82, 2.24) is 10.2 Å². The molecule has 0 radical (unpaired) electrons. The summed E-state index contributed by atoms with van der Waals surface area (Å²) in [4.78, 5) is 13.8. The summed E-state index contributed by atoms with van der Waals surface area (Å²) < 4.78 is 0. The minimum atomic E-state index is -0.200. The van der Waals surface area contributed by atoms with Crippen LogP contribution in [0.5, 0.6) is 0 Å². The van der Waals surface area contributed by atoms with Gasteiger partial charge >= 0.3 is 0 Å². The van der Waals surface area contributed by atoms with E-state index in [2.05, 4.69) is 22.2 Å². The predicted octanol–water partition coefficient (Wildman–Crippen LogP) is 0.502. The fourth-order valence-corrected chi connectivity index (χ4v) is 1.71. The van der Waals surface area contributed by atoms with Crippen molar-refractivity contribution in [2.75, 3.05) is 13.1 Å². The van der Waals surface area contributed by atoms with Gasteiger partial charge in [-0.3, -0.25) is 9.69 Å². The first-order valence-electron chi connectivity index (χ1n) is 5.54. The van der Waals surface area contributed by atoms with E-state index >= 15 is 0 Å². The van der Waals surface area contributed by atoms with Gasteiger partial charge in [-0.05, 0) is 19.8 Å². The van der Waals surface area contributed by atoms with E-state index in [-0.39, 0.29) is 18.5 Å². The Morgan fingerprint density at radius 2 is 2.38 bits per heavy atom. The molecule has 1 fully saturated rings. The third-order valence-electron chi connectivity index (χ3n) is 2.74. The highest BCUT2D eigenvalue weighted by Gasteiger charge is 2.34. The molecule has 1 amide bonds. The molecule has 1 unspecified atom stereocenters. The number of nitrogens with one attached hydrogen (secondary N) is 1. The first-order valence-corrected chi connectivity index (χ1v) is 5.54. The SMILES string of the molecule is C#CCNC(=O)C(C)N(CCC#N)C1CC1. The van der Waals surface area contributed by atoms with Crippen LogP contribution in [0.1, 0.15) is 26.2 Å². The van der Waals surface area contributed by atoms with Gasteiger partial charge in [0, 0.05) is 19.0 Å². The number of carbonyl (C=O) groups excluding carboxylic acids is 1. The van der Waals surface area contributed by atoms with Gasteiger partial charge in [-0.15, -0.1) is 6.42 Å². The van der Waals surface area contributed by atoms with Crippen molar-refractivity contribution >= 4 is 5.91 Å². The lowest BCUT2D eigenvalue weighted by molar-refractivity contribution is -0.125. The maximum Gasteiger partial charge on any atom is 0.237 e. The molecular formula is C12H17N3O. The van der Waals surface area contributed by atoms with Crippen molar-refractivity contribution in [1.29, 1.82) is 5.26 Å². The van der Waals surface area contributed by atoms with Gasteiger partial charge in [0.2, 0.25) is 5.91 Å². The molecule has 86 valence electrons. The summed E-state index contributed by atoms with van der Waals surface area (Å²) in [5, 5.41) is 11.2. The minimum absolute atomic E-state index is 0.0530. The number of hydrogen-bond donors (Lipinski definition) is 1. The van der Waals surface area contributed by atoms with Crippen LogP contribution >= 0.6 is 0 Å². The Kier molecular flexibility index (Phi) is 4.82. The lowest BCUT2D eigenvalue weighted by Crippen LogP contribution is -2.46. The summed E-state index contributed by atoms with van der Waals surface area (Å²) in [7, 11) is 0. The third kappa shape index (κ3) is 3.56. The van der Waals surface area contributed by atoms with E-state index in [1.165, 1.54) is 0 Å². The maximum absolute atomic E-state index is 11.7. The molecule has 0 aromatic carbocycles. The summed E-state index contributed by atoms with van der Waals surface area (Å²) >= 11 is 0. The predicted molar refractivity (Wildman–Crippen MR) is 61.3 cm³/mol. The Morgan fingerprint density at radius 1 is 1.69 bits per heavy atom. The number of hydrogen-bond acceptors (Lipinski definition) is 3. The van der Waals surface area contributed by atoms with E-state index in [0.717, 1.165) is 12.8 Å². The van der Waals surface area contributed by atoms with Gasteiger partial charge in [-0.1, -0.05) is 5.92 Å². The number of rotatable bonds is 6. The Morgan fingerprint density at radius 3 is 2.88 bits per heavy atom. The number of nitrogens with zero attached hydrogens (tertiary/aromatic N) is 2. The van der Waals surface area contributed by atoms with E-state index < -0.39 is 0 Å². The fraction of sp³-hybridized carbons (Fsp3) is 0.667. The van der Waals surface area contributed by atoms with E-state index in [1.807, 2.05) is 6.92 Å². The van der Waals surface area contributed by atoms with Crippen molar-refractivity contribution in [3.8, 4) is 18.4 Å². The topological polar surface area (TPSA) is 56.1 Å². The summed E-state index contributed by atoms with van der Waals surface area (Å²) in [6.07, 6.45) is 7.79. The highest BCUT2D eigenvalue weighted by atomic mass is 16.2. The monoisotopic (exact) mass is 219 g/mol. The molecule has 16 heavy (non-hydrogen) atoms. The molecule has 0 saturated heterocycles. The lowest BCUT2D eigenvalue weighted by Gasteiger charge is -2.27. The van der Waals surface area contributed by atoms with E-state index in [1.54, 1.807) is 0 Å². The van der Waals surface area contributed by atoms with E-state index in [4.69, 9.17) is 11.7 Å². The largest absolute Gasteiger partial charge is 0.344 e. The van der Waals surface area contributed by atoms with Crippen LogP contribution in [0.2, 0.25) is 0 Å².